The van der Waals surface area contributed by atoms with Crippen LogP contribution in [0.5, 0.6) is 11.5 Å². The molecule has 2 atom stereocenters. The van der Waals surface area contributed by atoms with Crippen molar-refractivity contribution in [2.24, 2.45) is 0 Å². The van der Waals surface area contributed by atoms with Crippen LogP contribution >= 0.6 is 0 Å². The van der Waals surface area contributed by atoms with Crippen LogP contribution < -0.4 is 15.0 Å². The van der Waals surface area contributed by atoms with Crippen LogP contribution in [0.15, 0.2) is 74.0 Å². The van der Waals surface area contributed by atoms with Gasteiger partial charge in [-0.25, -0.2) is 24.5 Å². The van der Waals surface area contributed by atoms with Crippen LogP contribution in [0.2, 0.25) is 0 Å². The van der Waals surface area contributed by atoms with Crippen molar-refractivity contribution in [1.29, 1.82) is 0 Å². The average molecular weight is 536 g/mol. The van der Waals surface area contributed by atoms with Gasteiger partial charge in [0.15, 0.2) is 11.5 Å². The summed E-state index contributed by atoms with van der Waals surface area (Å²) in [4.78, 5) is 34.5. The van der Waals surface area contributed by atoms with E-state index < -0.39 is 0 Å². The molecule has 0 unspecified atom stereocenters. The number of benzene rings is 1. The highest BCUT2D eigenvalue weighted by molar-refractivity contribution is 5.89. The average Bonchev–Trinajstić information content (AvgIpc) is 3.42. The van der Waals surface area contributed by atoms with Crippen molar-refractivity contribution in [2.75, 3.05) is 23.3 Å². The lowest BCUT2D eigenvalue weighted by Crippen LogP contribution is -2.58. The van der Waals surface area contributed by atoms with Gasteiger partial charge >= 0.3 is 0 Å². The Morgan fingerprint density at radius 2 is 1.88 bits per heavy atom. The number of fused-ring (bicyclic) bond motifs is 2. The molecule has 1 N–H and O–H groups in total. The van der Waals surface area contributed by atoms with Crippen LogP contribution in [0.4, 0.5) is 17.3 Å². The Morgan fingerprint density at radius 3 is 2.65 bits per heavy atom. The highest BCUT2D eigenvalue weighted by Gasteiger charge is 2.32. The highest BCUT2D eigenvalue weighted by Crippen LogP contribution is 2.31. The Morgan fingerprint density at radius 1 is 1.05 bits per heavy atom. The summed E-state index contributed by atoms with van der Waals surface area (Å²) in [5, 5.41) is 7.52. The molecule has 0 aliphatic carbocycles. The second-order valence-electron chi connectivity index (χ2n) is 9.94. The normalized spacial score (nSPS) is 17.3. The maximum Gasteiger partial charge on any atom is 0.246 e. The predicted molar refractivity (Wildman–Crippen MR) is 153 cm³/mol. The van der Waals surface area contributed by atoms with E-state index in [0.717, 1.165) is 28.3 Å². The van der Waals surface area contributed by atoms with Crippen molar-refractivity contribution in [3.63, 3.8) is 0 Å². The van der Waals surface area contributed by atoms with E-state index in [1.54, 1.807) is 4.52 Å². The van der Waals surface area contributed by atoms with Crippen molar-refractivity contribution in [3.05, 3.63) is 79.5 Å². The Bertz CT molecular complexity index is 1720. The molecule has 202 valence electrons. The number of rotatable bonds is 6. The lowest BCUT2D eigenvalue weighted by Gasteiger charge is -2.44. The number of nitrogens with zero attached hydrogens (tertiary/aromatic N) is 8. The summed E-state index contributed by atoms with van der Waals surface area (Å²) < 4.78 is 7.79. The number of anilines is 3. The Balaban J connectivity index is 1.23. The standard InChI is InChI=1S/C29H29N9O2/c1-5-27(39)38-19(3)14-36(15-20(38)4)25-9-7-23-28(35-25)29(32-16-30-23)34-21-6-8-24(18(2)12-21)40-22-10-11-37-26(13-22)31-17-33-37/h5-13,16-17,19-20H,1,14-15H2,2-4H3,(H,30,32,34)/t19-,20-/m1/s1. The number of aromatic nitrogens is 6. The fourth-order valence-electron chi connectivity index (χ4n) is 5.21. The van der Waals surface area contributed by atoms with E-state index in [4.69, 9.17) is 9.72 Å². The second kappa shape index (κ2) is 10.3. The molecule has 11 heteroatoms. The fourth-order valence-corrected chi connectivity index (χ4v) is 5.21. The van der Waals surface area contributed by atoms with E-state index in [9.17, 15) is 4.79 Å². The number of carbonyl (C=O) groups excluding carboxylic acids is 1. The summed E-state index contributed by atoms with van der Waals surface area (Å²) in [7, 11) is 0. The maximum atomic E-state index is 12.3. The zero-order valence-corrected chi connectivity index (χ0v) is 22.5. The van der Waals surface area contributed by atoms with Crippen molar-refractivity contribution < 1.29 is 9.53 Å². The van der Waals surface area contributed by atoms with Gasteiger partial charge in [-0.1, -0.05) is 6.58 Å². The number of hydrogen-bond donors (Lipinski definition) is 1. The zero-order valence-electron chi connectivity index (χ0n) is 22.5. The Hall–Kier alpha value is -5.06. The van der Waals surface area contributed by atoms with Gasteiger partial charge in [0, 0.05) is 43.1 Å². The number of piperazine rings is 1. The van der Waals surface area contributed by atoms with Crippen molar-refractivity contribution in [3.8, 4) is 11.5 Å². The summed E-state index contributed by atoms with van der Waals surface area (Å²) in [6, 6.07) is 13.5. The minimum Gasteiger partial charge on any atom is -0.457 e. The summed E-state index contributed by atoms with van der Waals surface area (Å²) in [6.07, 6.45) is 6.23. The molecule has 5 heterocycles. The SMILES string of the molecule is C=CC(=O)N1[C@H](C)CN(c2ccc3ncnc(Nc4ccc(Oc5ccn6ncnc6c5)c(C)c4)c3n2)C[C@H]1C. The first-order valence-electron chi connectivity index (χ1n) is 13.1. The third kappa shape index (κ3) is 4.77. The van der Waals surface area contributed by atoms with E-state index in [1.165, 1.54) is 18.7 Å². The van der Waals surface area contributed by atoms with Gasteiger partial charge in [0.25, 0.3) is 0 Å². The molecule has 0 radical (unpaired) electrons. The van der Waals surface area contributed by atoms with E-state index >= 15 is 0 Å². The van der Waals surface area contributed by atoms with Gasteiger partial charge in [-0.15, -0.1) is 0 Å². The van der Waals surface area contributed by atoms with Crippen LogP contribution in [0.1, 0.15) is 19.4 Å². The second-order valence-corrected chi connectivity index (χ2v) is 9.94. The van der Waals surface area contributed by atoms with Crippen LogP contribution in [0, 0.1) is 6.92 Å². The molecule has 5 aromatic rings. The van der Waals surface area contributed by atoms with Gasteiger partial charge in [-0.3, -0.25) is 4.79 Å². The number of aryl methyl sites for hydroxylation is 1. The van der Waals surface area contributed by atoms with E-state index in [1.807, 2.05) is 74.3 Å². The van der Waals surface area contributed by atoms with E-state index in [-0.39, 0.29) is 18.0 Å². The molecule has 0 bridgehead atoms. The fraction of sp³-hybridized carbons (Fsp3) is 0.241. The number of nitrogens with one attached hydrogen (secondary N) is 1. The summed E-state index contributed by atoms with van der Waals surface area (Å²) in [5.74, 6) is 2.80. The number of carbonyl (C=O) groups is 1. The molecule has 1 aliphatic heterocycles. The third-order valence-electron chi connectivity index (χ3n) is 7.06. The molecule has 1 saturated heterocycles. The van der Waals surface area contributed by atoms with Crippen LogP contribution in [-0.2, 0) is 4.79 Å². The molecular weight excluding hydrogens is 506 g/mol. The van der Waals surface area contributed by atoms with Crippen LogP contribution in [-0.4, -0.2) is 65.5 Å². The minimum absolute atomic E-state index is 0.0263. The highest BCUT2D eigenvalue weighted by atomic mass is 16.5. The van der Waals surface area contributed by atoms with Crippen LogP contribution in [0.25, 0.3) is 16.7 Å². The first-order chi connectivity index (χ1) is 19.4. The van der Waals surface area contributed by atoms with E-state index in [2.05, 4.69) is 36.8 Å². The van der Waals surface area contributed by atoms with Crippen molar-refractivity contribution in [2.45, 2.75) is 32.9 Å². The molecule has 40 heavy (non-hydrogen) atoms. The van der Waals surface area contributed by atoms with Gasteiger partial charge in [-0.05, 0) is 68.8 Å². The zero-order chi connectivity index (χ0) is 27.8. The lowest BCUT2D eigenvalue weighted by atomic mass is 10.1. The smallest absolute Gasteiger partial charge is 0.246 e. The van der Waals surface area contributed by atoms with Gasteiger partial charge in [0.2, 0.25) is 5.91 Å². The molecule has 0 saturated carbocycles. The topological polar surface area (TPSA) is 114 Å². The van der Waals surface area contributed by atoms with Crippen molar-refractivity contribution in [1.82, 2.24) is 34.4 Å². The monoisotopic (exact) mass is 535 g/mol. The Kier molecular flexibility index (Phi) is 6.47. The van der Waals surface area contributed by atoms with Gasteiger partial charge in [0.1, 0.15) is 35.5 Å². The summed E-state index contributed by atoms with van der Waals surface area (Å²) >= 11 is 0. The van der Waals surface area contributed by atoms with Crippen molar-refractivity contribution >= 4 is 39.9 Å². The minimum atomic E-state index is -0.0471. The molecule has 6 rings (SSSR count). The van der Waals surface area contributed by atoms with Gasteiger partial charge < -0.3 is 19.9 Å². The molecule has 1 amide bonds. The molecule has 1 aromatic carbocycles. The molecule has 4 aromatic heterocycles. The Labute approximate surface area is 231 Å². The molecular formula is C29H29N9O2. The maximum absolute atomic E-state index is 12.3. The molecule has 1 fully saturated rings. The number of hydrogen-bond acceptors (Lipinski definition) is 9. The third-order valence-corrected chi connectivity index (χ3v) is 7.06. The quantitative estimate of drug-likeness (QED) is 0.313. The van der Waals surface area contributed by atoms with Crippen LogP contribution in [0.3, 0.4) is 0 Å². The number of pyridine rings is 2. The number of amides is 1. The molecule has 0 spiro atoms. The van der Waals surface area contributed by atoms with Gasteiger partial charge in [0.05, 0.1) is 5.52 Å². The van der Waals surface area contributed by atoms with E-state index in [0.29, 0.717) is 35.8 Å². The largest absolute Gasteiger partial charge is 0.457 e. The molecule has 1 aliphatic rings. The molecule has 11 nitrogen and oxygen atoms in total. The first kappa shape index (κ1) is 25.2. The summed E-state index contributed by atoms with van der Waals surface area (Å²) in [5.41, 5.74) is 3.93. The first-order valence-corrected chi connectivity index (χ1v) is 13.1. The predicted octanol–water partition coefficient (Wildman–Crippen LogP) is 4.52. The summed E-state index contributed by atoms with van der Waals surface area (Å²) in [6.45, 7) is 11.1. The number of ether oxygens (including phenoxy) is 1. The van der Waals surface area contributed by atoms with Gasteiger partial charge in [-0.2, -0.15) is 5.10 Å². The lowest BCUT2D eigenvalue weighted by molar-refractivity contribution is -0.130.